The van der Waals surface area contributed by atoms with Crippen molar-refractivity contribution in [2.75, 3.05) is 4.90 Å². The summed E-state index contributed by atoms with van der Waals surface area (Å²) >= 11 is 19.9. The lowest BCUT2D eigenvalue weighted by molar-refractivity contribution is -0.113. The van der Waals surface area contributed by atoms with Crippen molar-refractivity contribution in [3.63, 3.8) is 0 Å². The molecule has 0 aromatic heterocycles. The van der Waals surface area contributed by atoms with E-state index in [1.165, 1.54) is 11.8 Å². The predicted molar refractivity (Wildman–Crippen MR) is 140 cm³/mol. The molecule has 3 aromatic rings. The van der Waals surface area contributed by atoms with Gasteiger partial charge in [0, 0.05) is 15.1 Å². The van der Waals surface area contributed by atoms with Crippen molar-refractivity contribution < 1.29 is 9.53 Å². The number of amides is 1. The molecule has 0 unspecified atom stereocenters. The summed E-state index contributed by atoms with van der Waals surface area (Å²) in [6.07, 6.45) is 1.83. The van der Waals surface area contributed by atoms with Crippen LogP contribution in [0.25, 0.3) is 6.08 Å². The Bertz CT molecular complexity index is 1220. The van der Waals surface area contributed by atoms with E-state index in [1.807, 2.05) is 72.8 Å². The lowest BCUT2D eigenvalue weighted by atomic mass is 10.2. The standard InChI is InChI=1S/C23H14Br2ClNO2S2/c24-16-5-3-6-17(12-16)27-22(28)21(31-23(27)30)11-14-8-9-20(18(25)10-14)29-13-15-4-1-2-7-19(15)26/h1-12H,13H2/b21-11+. The fourth-order valence-electron chi connectivity index (χ4n) is 2.95. The maximum Gasteiger partial charge on any atom is 0.270 e. The van der Waals surface area contributed by atoms with Crippen LogP contribution in [0.4, 0.5) is 5.69 Å². The first-order chi connectivity index (χ1) is 14.9. The number of nitrogens with zero attached hydrogens (tertiary/aromatic N) is 1. The van der Waals surface area contributed by atoms with Crippen LogP contribution < -0.4 is 9.64 Å². The molecular formula is C23H14Br2ClNO2S2. The van der Waals surface area contributed by atoms with Crippen LogP contribution in [-0.2, 0) is 11.4 Å². The number of thiocarbonyl (C=S) groups is 1. The van der Waals surface area contributed by atoms with Crippen LogP contribution in [0.5, 0.6) is 5.75 Å². The van der Waals surface area contributed by atoms with Crippen LogP contribution in [0.15, 0.2) is 80.6 Å². The smallest absolute Gasteiger partial charge is 0.270 e. The van der Waals surface area contributed by atoms with Gasteiger partial charge in [-0.1, -0.05) is 81.8 Å². The van der Waals surface area contributed by atoms with Gasteiger partial charge >= 0.3 is 0 Å². The molecule has 0 spiro atoms. The van der Waals surface area contributed by atoms with E-state index in [0.29, 0.717) is 26.6 Å². The molecule has 0 aliphatic carbocycles. The van der Waals surface area contributed by atoms with E-state index in [9.17, 15) is 4.79 Å². The second-order valence-electron chi connectivity index (χ2n) is 6.57. The molecule has 8 heteroatoms. The Labute approximate surface area is 211 Å². The second kappa shape index (κ2) is 9.88. The Kier molecular flexibility index (Phi) is 7.19. The van der Waals surface area contributed by atoms with Crippen LogP contribution in [0, 0.1) is 0 Å². The average molecular weight is 596 g/mol. The predicted octanol–water partition coefficient (Wildman–Crippen LogP) is 7.85. The number of anilines is 1. The lowest BCUT2D eigenvalue weighted by Crippen LogP contribution is -2.27. The van der Waals surface area contributed by atoms with Crippen LogP contribution in [0.1, 0.15) is 11.1 Å². The molecule has 3 aromatic carbocycles. The number of halogens is 3. The van der Waals surface area contributed by atoms with E-state index in [4.69, 9.17) is 28.6 Å². The summed E-state index contributed by atoms with van der Waals surface area (Å²) in [5.74, 6) is 0.557. The zero-order valence-corrected chi connectivity index (χ0v) is 21.4. The highest BCUT2D eigenvalue weighted by molar-refractivity contribution is 9.10. The average Bonchev–Trinajstić information content (AvgIpc) is 3.01. The number of ether oxygens (including phenoxy) is 1. The minimum absolute atomic E-state index is 0.136. The molecule has 1 aliphatic heterocycles. The van der Waals surface area contributed by atoms with Crippen LogP contribution in [0.3, 0.4) is 0 Å². The molecule has 156 valence electrons. The third-order valence-electron chi connectivity index (χ3n) is 4.45. The zero-order chi connectivity index (χ0) is 22.0. The van der Waals surface area contributed by atoms with Gasteiger partial charge in [-0.3, -0.25) is 9.69 Å². The van der Waals surface area contributed by atoms with Crippen molar-refractivity contribution in [3.8, 4) is 5.75 Å². The number of thioether (sulfide) groups is 1. The molecule has 0 bridgehead atoms. The van der Waals surface area contributed by atoms with Gasteiger partial charge in [0.05, 0.1) is 15.1 Å². The van der Waals surface area contributed by atoms with E-state index in [2.05, 4.69) is 31.9 Å². The third-order valence-corrected chi connectivity index (χ3v) is 7.24. The summed E-state index contributed by atoms with van der Waals surface area (Å²) in [4.78, 5) is 15.1. The van der Waals surface area contributed by atoms with Gasteiger partial charge in [0.25, 0.3) is 5.91 Å². The van der Waals surface area contributed by atoms with Crippen molar-refractivity contribution in [2.24, 2.45) is 0 Å². The molecular weight excluding hydrogens is 582 g/mol. The SMILES string of the molecule is O=C1/C(=C\c2ccc(OCc3ccccc3Cl)c(Br)c2)SC(=S)N1c1cccc(Br)c1. The number of carbonyl (C=O) groups is 1. The molecule has 31 heavy (non-hydrogen) atoms. The highest BCUT2D eigenvalue weighted by Gasteiger charge is 2.33. The first kappa shape index (κ1) is 22.6. The van der Waals surface area contributed by atoms with Gasteiger partial charge in [-0.15, -0.1) is 0 Å². The Morgan fingerprint density at radius 2 is 1.87 bits per heavy atom. The van der Waals surface area contributed by atoms with Crippen LogP contribution in [0.2, 0.25) is 5.02 Å². The lowest BCUT2D eigenvalue weighted by Gasteiger charge is -2.14. The van der Waals surface area contributed by atoms with Crippen LogP contribution in [-0.4, -0.2) is 10.2 Å². The minimum Gasteiger partial charge on any atom is -0.488 e. The topological polar surface area (TPSA) is 29.5 Å². The Hall–Kier alpha value is -1.64. The van der Waals surface area contributed by atoms with Crippen molar-refractivity contribution in [2.45, 2.75) is 6.61 Å². The monoisotopic (exact) mass is 593 g/mol. The molecule has 0 radical (unpaired) electrons. The molecule has 1 heterocycles. The molecule has 1 aliphatic rings. The van der Waals surface area contributed by atoms with Crippen molar-refractivity contribution in [1.29, 1.82) is 0 Å². The number of carbonyl (C=O) groups excluding carboxylic acids is 1. The fourth-order valence-corrected chi connectivity index (χ4v) is 5.34. The summed E-state index contributed by atoms with van der Waals surface area (Å²) in [7, 11) is 0. The summed E-state index contributed by atoms with van der Waals surface area (Å²) < 4.78 is 8.08. The largest absolute Gasteiger partial charge is 0.488 e. The van der Waals surface area contributed by atoms with Gasteiger partial charge < -0.3 is 4.74 Å². The summed E-state index contributed by atoms with van der Waals surface area (Å²) in [6, 6.07) is 20.8. The minimum atomic E-state index is -0.136. The molecule has 0 atom stereocenters. The van der Waals surface area contributed by atoms with E-state index in [-0.39, 0.29) is 5.91 Å². The zero-order valence-electron chi connectivity index (χ0n) is 15.8. The highest BCUT2D eigenvalue weighted by atomic mass is 79.9. The number of benzene rings is 3. The Balaban J connectivity index is 1.51. The molecule has 3 nitrogen and oxygen atoms in total. The maximum absolute atomic E-state index is 13.0. The Morgan fingerprint density at radius 3 is 2.61 bits per heavy atom. The quantitative estimate of drug-likeness (QED) is 0.222. The van der Waals surface area contributed by atoms with Gasteiger partial charge in [0.2, 0.25) is 0 Å². The normalized spacial score (nSPS) is 15.1. The summed E-state index contributed by atoms with van der Waals surface area (Å²) in [6.45, 7) is 0.364. The third kappa shape index (κ3) is 5.23. The summed E-state index contributed by atoms with van der Waals surface area (Å²) in [5, 5.41) is 0.669. The van der Waals surface area contributed by atoms with Crippen molar-refractivity contribution >= 4 is 89.4 Å². The van der Waals surface area contributed by atoms with E-state index in [0.717, 1.165) is 25.8 Å². The summed E-state index contributed by atoms with van der Waals surface area (Å²) in [5.41, 5.74) is 2.52. The first-order valence-corrected chi connectivity index (χ1v) is 12.3. The number of rotatable bonds is 5. The van der Waals surface area contributed by atoms with Crippen molar-refractivity contribution in [3.05, 3.63) is 96.7 Å². The van der Waals surface area contributed by atoms with Crippen molar-refractivity contribution in [1.82, 2.24) is 0 Å². The maximum atomic E-state index is 13.0. The molecule has 0 N–H and O–H groups in total. The molecule has 1 saturated heterocycles. The van der Waals surface area contributed by atoms with E-state index in [1.54, 1.807) is 4.90 Å². The highest BCUT2D eigenvalue weighted by Crippen LogP contribution is 2.37. The fraction of sp³-hybridized carbons (Fsp3) is 0.0435. The van der Waals surface area contributed by atoms with Crippen LogP contribution >= 0.6 is 67.4 Å². The molecule has 4 rings (SSSR count). The first-order valence-electron chi connectivity index (χ1n) is 9.11. The van der Waals surface area contributed by atoms with Gasteiger partial charge in [-0.2, -0.15) is 0 Å². The van der Waals surface area contributed by atoms with E-state index >= 15 is 0 Å². The molecule has 1 amide bonds. The van der Waals surface area contributed by atoms with Gasteiger partial charge in [0.15, 0.2) is 4.32 Å². The second-order valence-corrected chi connectivity index (χ2v) is 10.4. The molecule has 1 fully saturated rings. The van der Waals surface area contributed by atoms with Gasteiger partial charge in [-0.25, -0.2) is 0 Å². The number of hydrogen-bond acceptors (Lipinski definition) is 4. The molecule has 0 saturated carbocycles. The van der Waals surface area contributed by atoms with Gasteiger partial charge in [-0.05, 0) is 64.0 Å². The van der Waals surface area contributed by atoms with Gasteiger partial charge in [0.1, 0.15) is 12.4 Å². The number of hydrogen-bond donors (Lipinski definition) is 0. The van der Waals surface area contributed by atoms with E-state index < -0.39 is 0 Å². The Morgan fingerprint density at radius 1 is 1.06 bits per heavy atom.